The summed E-state index contributed by atoms with van der Waals surface area (Å²) in [6.07, 6.45) is 1.34. The minimum absolute atomic E-state index is 0.0301. The molecule has 4 aromatic rings. The number of hydrogen-bond acceptors (Lipinski definition) is 6. The predicted octanol–water partition coefficient (Wildman–Crippen LogP) is 4.38. The quantitative estimate of drug-likeness (QED) is 0.267. The van der Waals surface area contributed by atoms with Gasteiger partial charge < -0.3 is 10.2 Å². The number of benzene rings is 2. The Kier molecular flexibility index (Phi) is 9.62. The molecule has 2 aromatic carbocycles. The van der Waals surface area contributed by atoms with E-state index >= 15 is 0 Å². The summed E-state index contributed by atoms with van der Waals surface area (Å²) < 4.78 is 28.9. The van der Waals surface area contributed by atoms with Gasteiger partial charge in [-0.1, -0.05) is 29.8 Å². The Balaban J connectivity index is 1.46. The minimum Gasteiger partial charge on any atom is -0.343 e. The van der Waals surface area contributed by atoms with Crippen LogP contribution in [-0.2, 0) is 27.7 Å². The molecule has 3 amide bonds. The predicted molar refractivity (Wildman–Crippen MR) is 163 cm³/mol. The smallest absolute Gasteiger partial charge is 0.328 e. The fourth-order valence-electron chi connectivity index (χ4n) is 4.86. The maximum Gasteiger partial charge on any atom is 0.328 e. The number of sulfonamides is 1. The second-order valence-corrected chi connectivity index (χ2v) is 12.0. The van der Waals surface area contributed by atoms with E-state index < -0.39 is 16.1 Å². The van der Waals surface area contributed by atoms with Crippen LogP contribution in [0.25, 0.3) is 16.9 Å². The maximum atomic E-state index is 12.7. The molecule has 0 fully saturated rings. The molecule has 10 nitrogen and oxygen atoms in total. The first-order valence-electron chi connectivity index (χ1n) is 14.1. The lowest BCUT2D eigenvalue weighted by Gasteiger charge is -2.18. The first-order valence-corrected chi connectivity index (χ1v) is 15.6. The highest BCUT2D eigenvalue weighted by Crippen LogP contribution is 2.25. The van der Waals surface area contributed by atoms with Gasteiger partial charge in [0.05, 0.1) is 4.90 Å². The van der Waals surface area contributed by atoms with Crippen molar-refractivity contribution in [3.63, 3.8) is 0 Å². The number of carbonyl (C=O) groups is 2. The molecular weight excluding hydrogens is 552 g/mol. The molecule has 0 atom stereocenters. The van der Waals surface area contributed by atoms with Crippen molar-refractivity contribution in [1.82, 2.24) is 29.5 Å². The van der Waals surface area contributed by atoms with Gasteiger partial charge in [-0.15, -0.1) is 0 Å². The van der Waals surface area contributed by atoms with E-state index in [-0.39, 0.29) is 17.3 Å². The highest BCUT2D eigenvalue weighted by atomic mass is 32.2. The Morgan fingerprint density at radius 3 is 2.21 bits per heavy atom. The number of pyridine rings is 1. The summed E-state index contributed by atoms with van der Waals surface area (Å²) in [4.78, 5) is 36.5. The molecule has 11 heteroatoms. The third-order valence-corrected chi connectivity index (χ3v) is 8.48. The third kappa shape index (κ3) is 7.14. The fourth-order valence-corrected chi connectivity index (χ4v) is 5.79. The molecule has 0 saturated heterocycles. The van der Waals surface area contributed by atoms with Crippen LogP contribution in [0.3, 0.4) is 0 Å². The van der Waals surface area contributed by atoms with Gasteiger partial charge in [-0.05, 0) is 82.5 Å². The molecule has 2 N–H and O–H groups in total. The SMILES string of the molecule is CCN(CC)C(=O)CCc1nc2c(C)cc(C)nc2n1-c1ccc(CCNC(=O)NS(=O)(=O)c2ccc(C)cc2)cc1. The van der Waals surface area contributed by atoms with Crippen LogP contribution in [0.5, 0.6) is 0 Å². The first kappa shape index (κ1) is 30.7. The minimum atomic E-state index is -3.95. The molecule has 222 valence electrons. The molecule has 0 radical (unpaired) electrons. The summed E-state index contributed by atoms with van der Waals surface area (Å²) in [5.41, 5.74) is 6.23. The Morgan fingerprint density at radius 1 is 0.905 bits per heavy atom. The zero-order valence-electron chi connectivity index (χ0n) is 24.8. The van der Waals surface area contributed by atoms with Crippen molar-refractivity contribution in [2.24, 2.45) is 0 Å². The molecule has 0 aliphatic rings. The van der Waals surface area contributed by atoms with Crippen LogP contribution < -0.4 is 10.0 Å². The summed E-state index contributed by atoms with van der Waals surface area (Å²) in [6.45, 7) is 11.4. The van der Waals surface area contributed by atoms with Crippen LogP contribution in [0, 0.1) is 20.8 Å². The number of nitrogens with one attached hydrogen (secondary N) is 2. The highest BCUT2D eigenvalue weighted by Gasteiger charge is 2.19. The maximum absolute atomic E-state index is 12.7. The van der Waals surface area contributed by atoms with Gasteiger partial charge in [0, 0.05) is 43.9 Å². The lowest BCUT2D eigenvalue weighted by atomic mass is 10.1. The molecule has 42 heavy (non-hydrogen) atoms. The zero-order chi connectivity index (χ0) is 30.4. The summed E-state index contributed by atoms with van der Waals surface area (Å²) in [5, 5.41) is 2.61. The second kappa shape index (κ2) is 13.2. The van der Waals surface area contributed by atoms with E-state index in [2.05, 4.69) is 10.0 Å². The second-order valence-electron chi connectivity index (χ2n) is 10.3. The van der Waals surface area contributed by atoms with Crippen LogP contribution >= 0.6 is 0 Å². The molecule has 4 rings (SSSR count). The zero-order valence-corrected chi connectivity index (χ0v) is 25.6. The van der Waals surface area contributed by atoms with E-state index in [9.17, 15) is 18.0 Å². The van der Waals surface area contributed by atoms with Gasteiger partial charge in [-0.25, -0.2) is 27.9 Å². The number of amides is 3. The molecule has 0 bridgehead atoms. The monoisotopic (exact) mass is 590 g/mol. The van der Waals surface area contributed by atoms with E-state index in [1.165, 1.54) is 12.1 Å². The number of hydrogen-bond donors (Lipinski definition) is 2. The van der Waals surface area contributed by atoms with Crippen molar-refractivity contribution in [1.29, 1.82) is 0 Å². The summed E-state index contributed by atoms with van der Waals surface area (Å²) in [5.74, 6) is 0.866. The molecule has 2 aromatic heterocycles. The van der Waals surface area contributed by atoms with Crippen LogP contribution in [0.2, 0.25) is 0 Å². The molecule has 0 aliphatic carbocycles. The van der Waals surface area contributed by atoms with Crippen molar-refractivity contribution >= 4 is 33.1 Å². The summed E-state index contributed by atoms with van der Waals surface area (Å²) in [6, 6.07) is 15.3. The number of imidazole rings is 1. The fraction of sp³-hybridized carbons (Fsp3) is 0.355. The Morgan fingerprint density at radius 2 is 1.57 bits per heavy atom. The Labute approximate surface area is 247 Å². The van der Waals surface area contributed by atoms with Crippen LogP contribution in [0.15, 0.2) is 59.5 Å². The molecule has 0 unspecified atom stereocenters. The molecule has 0 saturated carbocycles. The van der Waals surface area contributed by atoms with E-state index in [0.717, 1.165) is 45.1 Å². The largest absolute Gasteiger partial charge is 0.343 e. The van der Waals surface area contributed by atoms with Crippen LogP contribution in [0.4, 0.5) is 4.79 Å². The average Bonchev–Trinajstić information content (AvgIpc) is 3.31. The summed E-state index contributed by atoms with van der Waals surface area (Å²) in [7, 11) is -3.95. The molecule has 0 spiro atoms. The number of aryl methyl sites for hydroxylation is 4. The topological polar surface area (TPSA) is 126 Å². The van der Waals surface area contributed by atoms with E-state index in [4.69, 9.17) is 9.97 Å². The van der Waals surface area contributed by atoms with Gasteiger partial charge in [0.2, 0.25) is 5.91 Å². The molecular formula is C31H38N6O4S. The van der Waals surface area contributed by atoms with Crippen molar-refractivity contribution in [3.8, 4) is 5.69 Å². The van der Waals surface area contributed by atoms with Crippen molar-refractivity contribution in [2.45, 2.75) is 58.8 Å². The van der Waals surface area contributed by atoms with Crippen LogP contribution in [0.1, 0.15) is 48.5 Å². The van der Waals surface area contributed by atoms with Crippen molar-refractivity contribution in [3.05, 3.63) is 82.8 Å². The standard InChI is InChI=1S/C31H38N6O4S/c1-6-36(7-2)28(38)17-16-27-34-29-22(4)20-23(5)33-30(29)37(27)25-12-10-24(11-13-25)18-19-32-31(39)35-42(40,41)26-14-8-21(3)9-15-26/h8-15,20H,6-7,16-19H2,1-5H3,(H2,32,35,39). The number of rotatable bonds is 11. The van der Waals surface area contributed by atoms with E-state index in [1.54, 1.807) is 12.1 Å². The van der Waals surface area contributed by atoms with Crippen LogP contribution in [-0.4, -0.2) is 59.4 Å². The van der Waals surface area contributed by atoms with Gasteiger partial charge in [-0.2, -0.15) is 0 Å². The lowest BCUT2D eigenvalue weighted by Crippen LogP contribution is -2.40. The number of carbonyl (C=O) groups excluding carboxylic acids is 2. The number of aromatic nitrogens is 3. The number of nitrogens with zero attached hydrogens (tertiary/aromatic N) is 4. The van der Waals surface area contributed by atoms with Gasteiger partial charge in [0.25, 0.3) is 10.0 Å². The van der Waals surface area contributed by atoms with Crippen molar-refractivity contribution < 1.29 is 18.0 Å². The number of fused-ring (bicyclic) bond motifs is 1. The first-order chi connectivity index (χ1) is 20.0. The van der Waals surface area contributed by atoms with E-state index in [0.29, 0.717) is 32.4 Å². The Hall–Kier alpha value is -4.25. The normalized spacial score (nSPS) is 11.5. The third-order valence-electron chi connectivity index (χ3n) is 7.13. The number of urea groups is 1. The average molecular weight is 591 g/mol. The van der Waals surface area contributed by atoms with Crippen molar-refractivity contribution in [2.75, 3.05) is 19.6 Å². The van der Waals surface area contributed by atoms with Gasteiger partial charge in [-0.3, -0.25) is 9.36 Å². The summed E-state index contributed by atoms with van der Waals surface area (Å²) >= 11 is 0. The van der Waals surface area contributed by atoms with Gasteiger partial charge >= 0.3 is 6.03 Å². The lowest BCUT2D eigenvalue weighted by molar-refractivity contribution is -0.130. The molecule has 0 aliphatic heterocycles. The van der Waals surface area contributed by atoms with Gasteiger partial charge in [0.1, 0.15) is 11.3 Å². The van der Waals surface area contributed by atoms with Gasteiger partial charge in [0.15, 0.2) is 5.65 Å². The Bertz CT molecular complexity index is 1680. The molecule has 2 heterocycles. The van der Waals surface area contributed by atoms with E-state index in [1.807, 2.05) is 74.4 Å². The highest BCUT2D eigenvalue weighted by molar-refractivity contribution is 7.90.